The number of amides is 1. The number of anilines is 2. The van der Waals surface area contributed by atoms with Crippen LogP contribution in [0.2, 0.25) is 0 Å². The highest BCUT2D eigenvalue weighted by Crippen LogP contribution is 2.40. The molecule has 0 fully saturated rings. The fourth-order valence-corrected chi connectivity index (χ4v) is 4.01. The lowest BCUT2D eigenvalue weighted by atomic mass is 10.0. The van der Waals surface area contributed by atoms with Crippen LogP contribution in [0.3, 0.4) is 0 Å². The number of hydrogen-bond donors (Lipinski definition) is 4. The van der Waals surface area contributed by atoms with Gasteiger partial charge in [-0.25, -0.2) is 5.84 Å². The highest BCUT2D eigenvalue weighted by atomic mass is 19.4. The molecule has 40 heavy (non-hydrogen) atoms. The zero-order valence-corrected chi connectivity index (χ0v) is 23.7. The molecular formula is C28H36F3N7O2. The minimum atomic E-state index is -4.70. The number of aromatic nitrogens is 2. The van der Waals surface area contributed by atoms with E-state index in [9.17, 15) is 18.0 Å². The van der Waals surface area contributed by atoms with Gasteiger partial charge in [0.15, 0.2) is 0 Å². The number of rotatable bonds is 8. The molecule has 0 saturated heterocycles. The summed E-state index contributed by atoms with van der Waals surface area (Å²) >= 11 is 0. The van der Waals surface area contributed by atoms with Gasteiger partial charge >= 0.3 is 6.18 Å². The van der Waals surface area contributed by atoms with Gasteiger partial charge < -0.3 is 21.1 Å². The van der Waals surface area contributed by atoms with Gasteiger partial charge in [-0.1, -0.05) is 6.07 Å². The first kappa shape index (κ1) is 30.5. The molecule has 0 bridgehead atoms. The van der Waals surface area contributed by atoms with Crippen molar-refractivity contribution in [3.8, 4) is 5.75 Å². The lowest BCUT2D eigenvalue weighted by Crippen LogP contribution is -2.35. The molecule has 2 aromatic carbocycles. The number of methoxy groups -OCH3 is 1. The van der Waals surface area contributed by atoms with Gasteiger partial charge in [0.2, 0.25) is 0 Å². The van der Waals surface area contributed by atoms with Crippen LogP contribution in [0.4, 0.5) is 24.5 Å². The Bertz CT molecular complexity index is 1420. The van der Waals surface area contributed by atoms with E-state index < -0.39 is 17.6 Å². The third-order valence-corrected chi connectivity index (χ3v) is 6.32. The van der Waals surface area contributed by atoms with Crippen molar-refractivity contribution in [3.05, 3.63) is 76.2 Å². The van der Waals surface area contributed by atoms with Crippen molar-refractivity contribution < 1.29 is 22.7 Å². The number of benzene rings is 2. The predicted molar refractivity (Wildman–Crippen MR) is 150 cm³/mol. The summed E-state index contributed by atoms with van der Waals surface area (Å²) in [6.07, 6.45) is -1.55. The summed E-state index contributed by atoms with van der Waals surface area (Å²) < 4.78 is 48.6. The van der Waals surface area contributed by atoms with E-state index in [4.69, 9.17) is 16.3 Å². The quantitative estimate of drug-likeness (QED) is 0.230. The Balaban J connectivity index is 1.94. The van der Waals surface area contributed by atoms with Crippen LogP contribution >= 0.6 is 0 Å². The molecule has 12 heteroatoms. The second kappa shape index (κ2) is 11.6. The third-order valence-electron chi connectivity index (χ3n) is 6.32. The van der Waals surface area contributed by atoms with Gasteiger partial charge in [-0.2, -0.15) is 18.3 Å². The van der Waals surface area contributed by atoms with Crippen molar-refractivity contribution in [3.63, 3.8) is 0 Å². The molecule has 0 aliphatic rings. The van der Waals surface area contributed by atoms with Crippen LogP contribution in [0, 0.1) is 13.8 Å². The Morgan fingerprint density at radius 3 is 2.40 bits per heavy atom. The summed E-state index contributed by atoms with van der Waals surface area (Å²) in [6.45, 7) is 9.46. The van der Waals surface area contributed by atoms with Crippen molar-refractivity contribution in [1.82, 2.24) is 15.1 Å². The van der Waals surface area contributed by atoms with E-state index >= 15 is 0 Å². The van der Waals surface area contributed by atoms with E-state index in [1.807, 2.05) is 34.6 Å². The summed E-state index contributed by atoms with van der Waals surface area (Å²) in [5.41, 5.74) is 8.49. The molecule has 0 aliphatic heterocycles. The minimum absolute atomic E-state index is 0.0215. The van der Waals surface area contributed by atoms with Crippen LogP contribution in [0.15, 0.2) is 42.7 Å². The molecule has 6 N–H and O–H groups in total. The first-order valence-corrected chi connectivity index (χ1v) is 12.5. The average molecular weight is 560 g/mol. The maximum atomic E-state index is 13.9. The highest BCUT2D eigenvalue weighted by Gasteiger charge is 2.36. The molecule has 0 atom stereocenters. The molecular weight excluding hydrogens is 523 g/mol. The Morgan fingerprint density at radius 1 is 1.18 bits per heavy atom. The predicted octanol–water partition coefficient (Wildman–Crippen LogP) is 4.84. The van der Waals surface area contributed by atoms with Crippen LogP contribution in [-0.2, 0) is 19.8 Å². The van der Waals surface area contributed by atoms with Crippen LogP contribution < -0.4 is 32.0 Å². The average Bonchev–Trinajstić information content (AvgIpc) is 3.19. The number of carbonyl (C=O) groups excluding carboxylic acids is 1. The SMILES string of the molecule is COc1c(CNC(C)(C)C)cc(NC(=O)c2ccc(C)c(N(N)/C=C(\N)c3cnn(C)c3C)c2)cc1C(F)(F)F. The molecule has 0 radical (unpaired) electrons. The summed E-state index contributed by atoms with van der Waals surface area (Å²) in [6, 6.07) is 7.13. The number of aryl methyl sites for hydroxylation is 2. The van der Waals surface area contributed by atoms with Crippen molar-refractivity contribution in [2.24, 2.45) is 18.6 Å². The molecule has 0 unspecified atom stereocenters. The Hall–Kier alpha value is -4.03. The summed E-state index contributed by atoms with van der Waals surface area (Å²) in [7, 11) is 2.98. The number of hydrazine groups is 1. The normalized spacial score (nSPS) is 12.4. The number of halogens is 3. The zero-order chi connectivity index (χ0) is 30.0. The number of carbonyl (C=O) groups is 1. The number of nitrogens with two attached hydrogens (primary N) is 2. The molecule has 0 saturated carbocycles. The first-order chi connectivity index (χ1) is 18.5. The number of alkyl halides is 3. The molecule has 9 nitrogen and oxygen atoms in total. The maximum Gasteiger partial charge on any atom is 0.420 e. The number of ether oxygens (including phenoxy) is 1. The van der Waals surface area contributed by atoms with Gasteiger partial charge in [0, 0.05) is 53.4 Å². The fourth-order valence-electron chi connectivity index (χ4n) is 4.01. The Kier molecular flexibility index (Phi) is 8.85. The van der Waals surface area contributed by atoms with Crippen molar-refractivity contribution >= 4 is 23.0 Å². The van der Waals surface area contributed by atoms with Gasteiger partial charge in [0.1, 0.15) is 5.75 Å². The molecule has 1 amide bonds. The molecule has 0 spiro atoms. The minimum Gasteiger partial charge on any atom is -0.496 e. The molecule has 216 valence electrons. The van der Waals surface area contributed by atoms with E-state index in [2.05, 4.69) is 15.7 Å². The van der Waals surface area contributed by atoms with E-state index in [-0.39, 0.29) is 34.6 Å². The topological polar surface area (TPSA) is 123 Å². The van der Waals surface area contributed by atoms with Crippen LogP contribution in [-0.4, -0.2) is 28.3 Å². The largest absolute Gasteiger partial charge is 0.496 e. The zero-order valence-electron chi connectivity index (χ0n) is 23.7. The Labute approximate surface area is 231 Å². The number of nitrogens with zero attached hydrogens (tertiary/aromatic N) is 3. The van der Waals surface area contributed by atoms with Gasteiger partial charge in [-0.05, 0) is 64.4 Å². The third kappa shape index (κ3) is 7.13. The van der Waals surface area contributed by atoms with E-state index in [0.29, 0.717) is 16.9 Å². The second-order valence-corrected chi connectivity index (χ2v) is 10.5. The van der Waals surface area contributed by atoms with E-state index in [1.165, 1.54) is 24.4 Å². The van der Waals surface area contributed by atoms with Gasteiger partial charge in [0.25, 0.3) is 5.91 Å². The molecule has 1 heterocycles. The van der Waals surface area contributed by atoms with Crippen LogP contribution in [0.1, 0.15) is 59.1 Å². The number of hydrogen-bond acceptors (Lipinski definition) is 7. The smallest absolute Gasteiger partial charge is 0.420 e. The van der Waals surface area contributed by atoms with Gasteiger partial charge in [0.05, 0.1) is 30.3 Å². The van der Waals surface area contributed by atoms with Gasteiger partial charge in [-0.15, -0.1) is 0 Å². The number of nitrogens with one attached hydrogen (secondary N) is 2. The standard InChI is InChI=1S/C28H36F3N7O2/c1-16-8-9-18(11-24(16)38(33)15-23(32)21-14-35-37(6)17(21)2)26(39)36-20-10-19(13-34-27(3,4)5)25(40-7)22(12-20)28(29,30)31/h8-12,14-15,34H,13,32-33H2,1-7H3,(H,36,39)/b23-15-. The van der Waals surface area contributed by atoms with Crippen molar-refractivity contribution in [2.45, 2.75) is 52.9 Å². The fraction of sp³-hybridized carbons (Fsp3) is 0.357. The first-order valence-electron chi connectivity index (χ1n) is 12.5. The summed E-state index contributed by atoms with van der Waals surface area (Å²) in [4.78, 5) is 13.2. The maximum absolute atomic E-state index is 13.9. The lowest BCUT2D eigenvalue weighted by molar-refractivity contribution is -0.138. The monoisotopic (exact) mass is 559 g/mol. The molecule has 3 rings (SSSR count). The molecule has 3 aromatic rings. The Morgan fingerprint density at radius 2 is 1.85 bits per heavy atom. The lowest BCUT2D eigenvalue weighted by Gasteiger charge is -2.23. The molecule has 1 aromatic heterocycles. The van der Waals surface area contributed by atoms with Gasteiger partial charge in [-0.3, -0.25) is 14.5 Å². The van der Waals surface area contributed by atoms with Crippen LogP contribution in [0.25, 0.3) is 5.70 Å². The van der Waals surface area contributed by atoms with E-state index in [0.717, 1.165) is 17.3 Å². The summed E-state index contributed by atoms with van der Waals surface area (Å²) in [5, 5.41) is 11.2. The van der Waals surface area contributed by atoms with Crippen molar-refractivity contribution in [1.29, 1.82) is 0 Å². The highest BCUT2D eigenvalue weighted by molar-refractivity contribution is 6.05. The second-order valence-electron chi connectivity index (χ2n) is 10.5. The molecule has 0 aliphatic carbocycles. The van der Waals surface area contributed by atoms with Crippen LogP contribution in [0.5, 0.6) is 5.75 Å². The summed E-state index contributed by atoms with van der Waals surface area (Å²) in [5.74, 6) is 5.36. The van der Waals surface area contributed by atoms with E-state index in [1.54, 1.807) is 36.1 Å². The van der Waals surface area contributed by atoms with Crippen molar-refractivity contribution in [2.75, 3.05) is 17.4 Å².